The second-order valence-corrected chi connectivity index (χ2v) is 5.62. The maximum Gasteiger partial charge on any atom is 0.224 e. The molecule has 0 unspecified atom stereocenters. The van der Waals surface area contributed by atoms with E-state index in [9.17, 15) is 9.90 Å². The normalized spacial score (nSPS) is 11.3. The van der Waals surface area contributed by atoms with Gasteiger partial charge >= 0.3 is 0 Å². The van der Waals surface area contributed by atoms with Crippen LogP contribution in [0, 0.1) is 5.41 Å². The zero-order valence-corrected chi connectivity index (χ0v) is 11.6. The standard InChI is InChI=1S/C15H23NO3/c1-15(2,11-17)7-4-8-16-14(19)10-12-5-3-6-13(18)9-12/h3,5-6,9,17-18H,4,7-8,10-11H2,1-2H3,(H,16,19). The van der Waals surface area contributed by atoms with Gasteiger partial charge in [-0.3, -0.25) is 4.79 Å². The van der Waals surface area contributed by atoms with E-state index in [1.807, 2.05) is 19.9 Å². The largest absolute Gasteiger partial charge is 0.508 e. The van der Waals surface area contributed by atoms with Crippen LogP contribution in [0.4, 0.5) is 0 Å². The highest BCUT2D eigenvalue weighted by Gasteiger charge is 2.15. The predicted octanol–water partition coefficient (Wildman–Crippen LogP) is 1.85. The molecule has 3 N–H and O–H groups in total. The molecule has 106 valence electrons. The Kier molecular flexibility index (Phi) is 5.83. The number of hydrogen-bond donors (Lipinski definition) is 3. The highest BCUT2D eigenvalue weighted by molar-refractivity contribution is 5.78. The number of nitrogens with one attached hydrogen (secondary N) is 1. The zero-order valence-electron chi connectivity index (χ0n) is 11.6. The summed E-state index contributed by atoms with van der Waals surface area (Å²) in [6, 6.07) is 6.71. The summed E-state index contributed by atoms with van der Waals surface area (Å²) >= 11 is 0. The second kappa shape index (κ2) is 7.14. The lowest BCUT2D eigenvalue weighted by Gasteiger charge is -2.21. The summed E-state index contributed by atoms with van der Waals surface area (Å²) < 4.78 is 0. The van der Waals surface area contributed by atoms with Gasteiger partial charge in [-0.25, -0.2) is 0 Å². The average Bonchev–Trinajstić information content (AvgIpc) is 2.35. The summed E-state index contributed by atoms with van der Waals surface area (Å²) in [6.07, 6.45) is 1.99. The summed E-state index contributed by atoms with van der Waals surface area (Å²) in [6.45, 7) is 4.77. The molecule has 0 aliphatic heterocycles. The van der Waals surface area contributed by atoms with Gasteiger partial charge in [-0.2, -0.15) is 0 Å². The number of hydrogen-bond acceptors (Lipinski definition) is 3. The molecule has 0 saturated carbocycles. The summed E-state index contributed by atoms with van der Waals surface area (Å²) in [5.74, 6) is 0.127. The molecule has 0 atom stereocenters. The Morgan fingerprint density at radius 2 is 2.11 bits per heavy atom. The highest BCUT2D eigenvalue weighted by Crippen LogP contribution is 2.20. The molecule has 4 nitrogen and oxygen atoms in total. The van der Waals surface area contributed by atoms with Crippen LogP contribution < -0.4 is 5.32 Å². The van der Waals surface area contributed by atoms with Crippen molar-refractivity contribution in [3.8, 4) is 5.75 Å². The van der Waals surface area contributed by atoms with Crippen molar-refractivity contribution in [2.75, 3.05) is 13.2 Å². The van der Waals surface area contributed by atoms with E-state index in [1.54, 1.807) is 18.2 Å². The lowest BCUT2D eigenvalue weighted by atomic mass is 9.89. The Labute approximate surface area is 114 Å². The number of phenolic OH excluding ortho intramolecular Hbond substituents is 1. The smallest absolute Gasteiger partial charge is 0.224 e. The molecule has 19 heavy (non-hydrogen) atoms. The first-order valence-corrected chi connectivity index (χ1v) is 6.58. The van der Waals surface area contributed by atoms with E-state index >= 15 is 0 Å². The van der Waals surface area contributed by atoms with Crippen molar-refractivity contribution >= 4 is 5.91 Å². The van der Waals surface area contributed by atoms with Gasteiger partial charge in [0.1, 0.15) is 5.75 Å². The molecule has 1 rings (SSSR count). The van der Waals surface area contributed by atoms with Crippen molar-refractivity contribution in [3.63, 3.8) is 0 Å². The van der Waals surface area contributed by atoms with Gasteiger partial charge in [-0.15, -0.1) is 0 Å². The minimum absolute atomic E-state index is 0.0487. The third kappa shape index (κ3) is 6.25. The summed E-state index contributed by atoms with van der Waals surface area (Å²) in [5.41, 5.74) is 0.712. The fraction of sp³-hybridized carbons (Fsp3) is 0.533. The topological polar surface area (TPSA) is 69.6 Å². The van der Waals surface area contributed by atoms with Crippen LogP contribution >= 0.6 is 0 Å². The van der Waals surface area contributed by atoms with Gasteiger partial charge in [0.2, 0.25) is 5.91 Å². The maximum atomic E-state index is 11.7. The van der Waals surface area contributed by atoms with Gasteiger partial charge in [0, 0.05) is 13.2 Å². The maximum absolute atomic E-state index is 11.7. The van der Waals surface area contributed by atoms with Gasteiger partial charge in [0.15, 0.2) is 0 Å². The Morgan fingerprint density at radius 3 is 2.74 bits per heavy atom. The van der Waals surface area contributed by atoms with E-state index in [1.165, 1.54) is 0 Å². The van der Waals surface area contributed by atoms with Gasteiger partial charge < -0.3 is 15.5 Å². The summed E-state index contributed by atoms with van der Waals surface area (Å²) in [5, 5.41) is 21.3. The first kappa shape index (κ1) is 15.5. The van der Waals surface area contributed by atoms with Crippen molar-refractivity contribution in [1.82, 2.24) is 5.32 Å². The number of amides is 1. The van der Waals surface area contributed by atoms with Crippen LogP contribution in [0.5, 0.6) is 5.75 Å². The zero-order chi connectivity index (χ0) is 14.3. The summed E-state index contributed by atoms with van der Waals surface area (Å²) in [7, 11) is 0. The third-order valence-corrected chi connectivity index (χ3v) is 3.06. The van der Waals surface area contributed by atoms with Crippen molar-refractivity contribution in [3.05, 3.63) is 29.8 Å². The van der Waals surface area contributed by atoms with E-state index in [0.29, 0.717) is 6.54 Å². The number of phenols is 1. The monoisotopic (exact) mass is 265 g/mol. The number of benzene rings is 1. The average molecular weight is 265 g/mol. The fourth-order valence-electron chi connectivity index (χ4n) is 1.79. The van der Waals surface area contributed by atoms with E-state index in [0.717, 1.165) is 18.4 Å². The fourth-order valence-corrected chi connectivity index (χ4v) is 1.79. The molecule has 0 aromatic heterocycles. The molecule has 0 spiro atoms. The summed E-state index contributed by atoms with van der Waals surface area (Å²) in [4.78, 5) is 11.7. The SMILES string of the molecule is CC(C)(CO)CCCNC(=O)Cc1cccc(O)c1. The number of carbonyl (C=O) groups excluding carboxylic acids is 1. The van der Waals surface area contributed by atoms with Crippen molar-refractivity contribution < 1.29 is 15.0 Å². The Balaban J connectivity index is 2.25. The van der Waals surface area contributed by atoms with E-state index < -0.39 is 0 Å². The van der Waals surface area contributed by atoms with Crippen molar-refractivity contribution in [1.29, 1.82) is 0 Å². The van der Waals surface area contributed by atoms with Crippen LogP contribution in [0.3, 0.4) is 0 Å². The quantitative estimate of drug-likeness (QED) is 0.659. The number of aliphatic hydroxyl groups excluding tert-OH is 1. The number of carbonyl (C=O) groups is 1. The minimum atomic E-state index is -0.0874. The Hall–Kier alpha value is -1.55. The predicted molar refractivity (Wildman–Crippen MR) is 74.9 cm³/mol. The van der Waals surface area contributed by atoms with Crippen LogP contribution in [0.25, 0.3) is 0 Å². The van der Waals surface area contributed by atoms with Crippen molar-refractivity contribution in [2.24, 2.45) is 5.41 Å². The lowest BCUT2D eigenvalue weighted by molar-refractivity contribution is -0.120. The van der Waals surface area contributed by atoms with E-state index in [-0.39, 0.29) is 30.1 Å². The van der Waals surface area contributed by atoms with Gasteiger partial charge in [-0.1, -0.05) is 26.0 Å². The van der Waals surface area contributed by atoms with Crippen LogP contribution in [0.1, 0.15) is 32.3 Å². The molecule has 0 aliphatic carbocycles. The molecule has 1 amide bonds. The van der Waals surface area contributed by atoms with Crippen LogP contribution in [0.2, 0.25) is 0 Å². The molecule has 0 radical (unpaired) electrons. The van der Waals surface area contributed by atoms with Gasteiger partial charge in [0.25, 0.3) is 0 Å². The molecule has 1 aromatic carbocycles. The molecule has 1 aromatic rings. The van der Waals surface area contributed by atoms with Crippen LogP contribution in [-0.2, 0) is 11.2 Å². The number of aromatic hydroxyl groups is 1. The third-order valence-electron chi connectivity index (χ3n) is 3.06. The molecule has 0 saturated heterocycles. The molecule has 0 heterocycles. The Morgan fingerprint density at radius 1 is 1.37 bits per heavy atom. The van der Waals surface area contributed by atoms with Gasteiger partial charge in [0.05, 0.1) is 6.42 Å². The first-order chi connectivity index (χ1) is 8.93. The van der Waals surface area contributed by atoms with Crippen LogP contribution in [0.15, 0.2) is 24.3 Å². The molecule has 0 fully saturated rings. The minimum Gasteiger partial charge on any atom is -0.508 e. The van der Waals surface area contributed by atoms with E-state index in [4.69, 9.17) is 5.11 Å². The first-order valence-electron chi connectivity index (χ1n) is 6.58. The number of rotatable bonds is 7. The van der Waals surface area contributed by atoms with Crippen molar-refractivity contribution in [2.45, 2.75) is 33.1 Å². The Bertz CT molecular complexity index is 416. The van der Waals surface area contributed by atoms with E-state index in [2.05, 4.69) is 5.32 Å². The molecular formula is C15H23NO3. The molecule has 4 heteroatoms. The molecule has 0 aliphatic rings. The highest BCUT2D eigenvalue weighted by atomic mass is 16.3. The number of aliphatic hydroxyl groups is 1. The van der Waals surface area contributed by atoms with Crippen LogP contribution in [-0.4, -0.2) is 29.3 Å². The molecule has 0 bridgehead atoms. The second-order valence-electron chi connectivity index (χ2n) is 5.62. The van der Waals surface area contributed by atoms with Gasteiger partial charge in [-0.05, 0) is 36.0 Å². The lowest BCUT2D eigenvalue weighted by Crippen LogP contribution is -2.27. The molecular weight excluding hydrogens is 242 g/mol.